The molecule has 1 amide bonds. The molecule has 0 aliphatic heterocycles. The van der Waals surface area contributed by atoms with Crippen LogP contribution in [0.15, 0.2) is 0 Å². The highest BCUT2D eigenvalue weighted by atomic mass is 16.5. The van der Waals surface area contributed by atoms with Crippen LogP contribution in [0.5, 0.6) is 0 Å². The van der Waals surface area contributed by atoms with Crippen molar-refractivity contribution in [2.45, 2.75) is 110 Å². The molecular formula is C30H55NO9. The number of carbonyl (C=O) groups is 4. The van der Waals surface area contributed by atoms with Crippen LogP contribution in [0.1, 0.15) is 110 Å². The third-order valence-electron chi connectivity index (χ3n) is 6.19. The third-order valence-corrected chi connectivity index (χ3v) is 6.19. The van der Waals surface area contributed by atoms with Gasteiger partial charge in [-0.2, -0.15) is 0 Å². The maximum absolute atomic E-state index is 12.0. The van der Waals surface area contributed by atoms with Crippen LogP contribution in [-0.4, -0.2) is 87.9 Å². The molecule has 0 aromatic carbocycles. The first-order chi connectivity index (χ1) is 19.4. The van der Waals surface area contributed by atoms with Crippen LogP contribution >= 0.6 is 0 Å². The lowest BCUT2D eigenvalue weighted by atomic mass is 10.0. The number of rotatable bonds is 32. The van der Waals surface area contributed by atoms with Crippen molar-refractivity contribution in [3.05, 3.63) is 0 Å². The van der Waals surface area contributed by atoms with E-state index in [9.17, 15) is 19.2 Å². The fraction of sp³-hybridized carbons (Fsp3) is 0.867. The zero-order valence-corrected chi connectivity index (χ0v) is 24.9. The SMILES string of the molecule is CC(=O)COCCOCCNC(=O)COCCOCCCC(=O)CCCCCCCCCCCCCCC(=O)O. The van der Waals surface area contributed by atoms with E-state index < -0.39 is 5.97 Å². The molecule has 2 N–H and O–H groups in total. The number of ketones is 2. The Kier molecular flexibility index (Phi) is 28.7. The van der Waals surface area contributed by atoms with E-state index in [4.69, 9.17) is 24.1 Å². The minimum Gasteiger partial charge on any atom is -0.481 e. The first kappa shape index (κ1) is 38.1. The van der Waals surface area contributed by atoms with Crippen molar-refractivity contribution in [3.63, 3.8) is 0 Å². The van der Waals surface area contributed by atoms with Gasteiger partial charge in [-0.15, -0.1) is 0 Å². The Bertz CT molecular complexity index is 643. The van der Waals surface area contributed by atoms with E-state index in [1.165, 1.54) is 51.9 Å². The first-order valence-corrected chi connectivity index (χ1v) is 15.2. The highest BCUT2D eigenvalue weighted by molar-refractivity contribution is 5.78. The number of carboxylic acid groups (broad SMARTS) is 1. The monoisotopic (exact) mass is 573 g/mol. The second kappa shape index (κ2) is 30.1. The second-order valence-electron chi connectivity index (χ2n) is 10.2. The van der Waals surface area contributed by atoms with Gasteiger partial charge in [-0.3, -0.25) is 19.2 Å². The summed E-state index contributed by atoms with van der Waals surface area (Å²) in [7, 11) is 0. The summed E-state index contributed by atoms with van der Waals surface area (Å²) in [5, 5.41) is 11.3. The van der Waals surface area contributed by atoms with E-state index in [1.54, 1.807) is 0 Å². The van der Waals surface area contributed by atoms with Gasteiger partial charge in [0.1, 0.15) is 19.0 Å². The van der Waals surface area contributed by atoms with Crippen LogP contribution in [0, 0.1) is 0 Å². The molecule has 10 nitrogen and oxygen atoms in total. The maximum Gasteiger partial charge on any atom is 0.303 e. The molecule has 0 saturated heterocycles. The van der Waals surface area contributed by atoms with E-state index >= 15 is 0 Å². The Morgan fingerprint density at radius 3 is 1.52 bits per heavy atom. The molecule has 0 atom stereocenters. The number of hydrogen-bond donors (Lipinski definition) is 2. The Morgan fingerprint density at radius 1 is 0.525 bits per heavy atom. The van der Waals surface area contributed by atoms with Gasteiger partial charge in [0.25, 0.3) is 0 Å². The number of carbonyl (C=O) groups excluding carboxylic acids is 3. The van der Waals surface area contributed by atoms with Crippen LogP contribution in [0.4, 0.5) is 0 Å². The van der Waals surface area contributed by atoms with Crippen molar-refractivity contribution in [3.8, 4) is 0 Å². The average Bonchev–Trinajstić information content (AvgIpc) is 2.91. The number of hydrogen-bond acceptors (Lipinski definition) is 8. The first-order valence-electron chi connectivity index (χ1n) is 15.2. The predicted molar refractivity (Wildman–Crippen MR) is 153 cm³/mol. The smallest absolute Gasteiger partial charge is 0.303 e. The van der Waals surface area contributed by atoms with Crippen molar-refractivity contribution < 1.29 is 43.2 Å². The fourth-order valence-corrected chi connectivity index (χ4v) is 4.00. The fourth-order valence-electron chi connectivity index (χ4n) is 4.00. The molecule has 0 aromatic heterocycles. The molecule has 0 aliphatic rings. The van der Waals surface area contributed by atoms with Gasteiger partial charge in [-0.1, -0.05) is 64.2 Å². The van der Waals surface area contributed by atoms with Crippen molar-refractivity contribution in [1.82, 2.24) is 5.32 Å². The summed E-state index contributed by atoms with van der Waals surface area (Å²) < 4.78 is 21.1. The third kappa shape index (κ3) is 32.3. The number of Topliss-reactive ketones (excluding diaryl/α,β-unsaturated/α-hetero) is 2. The van der Waals surface area contributed by atoms with Gasteiger partial charge < -0.3 is 29.4 Å². The predicted octanol–water partition coefficient (Wildman–Crippen LogP) is 4.65. The highest BCUT2D eigenvalue weighted by Gasteiger charge is 2.04. The largest absolute Gasteiger partial charge is 0.481 e. The minimum absolute atomic E-state index is 0.0278. The van der Waals surface area contributed by atoms with E-state index in [1.807, 2.05) is 0 Å². The number of unbranched alkanes of at least 4 members (excludes halogenated alkanes) is 11. The zero-order chi connectivity index (χ0) is 29.5. The topological polar surface area (TPSA) is 137 Å². The molecule has 0 bridgehead atoms. The van der Waals surface area contributed by atoms with Gasteiger partial charge in [0.05, 0.1) is 33.0 Å². The summed E-state index contributed by atoms with van der Waals surface area (Å²) in [6.07, 6.45) is 15.9. The van der Waals surface area contributed by atoms with Crippen LogP contribution in [0.3, 0.4) is 0 Å². The maximum atomic E-state index is 12.0. The molecule has 0 radical (unpaired) electrons. The van der Waals surface area contributed by atoms with Gasteiger partial charge in [0.15, 0.2) is 5.78 Å². The van der Waals surface area contributed by atoms with Gasteiger partial charge >= 0.3 is 5.97 Å². The van der Waals surface area contributed by atoms with Crippen LogP contribution in [-0.2, 0) is 38.1 Å². The number of amides is 1. The van der Waals surface area contributed by atoms with E-state index in [0.29, 0.717) is 77.7 Å². The molecule has 0 saturated carbocycles. The summed E-state index contributed by atoms with van der Waals surface area (Å²) >= 11 is 0. The molecule has 0 heterocycles. The van der Waals surface area contributed by atoms with Gasteiger partial charge in [0.2, 0.25) is 5.91 Å². The van der Waals surface area contributed by atoms with E-state index in [-0.39, 0.29) is 24.9 Å². The molecule has 0 rings (SSSR count). The van der Waals surface area contributed by atoms with Gasteiger partial charge in [0, 0.05) is 32.4 Å². The van der Waals surface area contributed by atoms with Crippen molar-refractivity contribution in [1.29, 1.82) is 0 Å². The molecule has 10 heteroatoms. The standard InChI is InChI=1S/C30H55NO9/c1-27(32)25-39-23-22-38-20-18-31-29(34)26-40-24-21-37-19-14-16-28(33)15-12-10-8-6-4-2-3-5-7-9-11-13-17-30(35)36/h2-26H2,1H3,(H,31,34)(H,35,36). The Balaban J connectivity index is 3.27. The van der Waals surface area contributed by atoms with Crippen LogP contribution in [0.25, 0.3) is 0 Å². The summed E-state index contributed by atoms with van der Waals surface area (Å²) in [6.45, 7) is 4.17. The summed E-state index contributed by atoms with van der Waals surface area (Å²) in [6, 6.07) is 0. The molecule has 0 fully saturated rings. The summed E-state index contributed by atoms with van der Waals surface area (Å²) in [5.74, 6) is -0.645. The zero-order valence-electron chi connectivity index (χ0n) is 24.9. The molecule has 0 aromatic rings. The lowest BCUT2D eigenvalue weighted by Crippen LogP contribution is -2.31. The highest BCUT2D eigenvalue weighted by Crippen LogP contribution is 2.13. The summed E-state index contributed by atoms with van der Waals surface area (Å²) in [5.41, 5.74) is 0. The molecule has 0 unspecified atom stereocenters. The van der Waals surface area contributed by atoms with Gasteiger partial charge in [-0.25, -0.2) is 0 Å². The molecule has 0 spiro atoms. The number of nitrogens with one attached hydrogen (secondary N) is 1. The quantitative estimate of drug-likeness (QED) is 0.110. The van der Waals surface area contributed by atoms with Gasteiger partial charge in [-0.05, 0) is 26.2 Å². The molecule has 0 aliphatic carbocycles. The molecule has 234 valence electrons. The van der Waals surface area contributed by atoms with E-state index in [2.05, 4.69) is 5.32 Å². The number of carboxylic acids is 1. The Morgan fingerprint density at radius 2 is 0.975 bits per heavy atom. The van der Waals surface area contributed by atoms with E-state index in [0.717, 1.165) is 32.1 Å². The Labute approximate surface area is 241 Å². The van der Waals surface area contributed by atoms with Crippen LogP contribution in [0.2, 0.25) is 0 Å². The van der Waals surface area contributed by atoms with Crippen LogP contribution < -0.4 is 5.32 Å². The van der Waals surface area contributed by atoms with Crippen molar-refractivity contribution >= 4 is 23.4 Å². The lowest BCUT2D eigenvalue weighted by Gasteiger charge is -2.08. The minimum atomic E-state index is -0.694. The van der Waals surface area contributed by atoms with Crippen molar-refractivity contribution in [2.24, 2.45) is 0 Å². The number of aliphatic carboxylic acids is 1. The second-order valence-corrected chi connectivity index (χ2v) is 10.2. The average molecular weight is 574 g/mol. The number of ether oxygens (including phenoxy) is 4. The molecular weight excluding hydrogens is 518 g/mol. The Hall–Kier alpha value is -1.88. The normalized spacial score (nSPS) is 11.0. The summed E-state index contributed by atoms with van der Waals surface area (Å²) in [4.78, 5) is 44.8. The van der Waals surface area contributed by atoms with Crippen molar-refractivity contribution in [2.75, 3.05) is 59.4 Å². The lowest BCUT2D eigenvalue weighted by molar-refractivity contribution is -0.137. The molecule has 40 heavy (non-hydrogen) atoms.